The first-order valence-corrected chi connectivity index (χ1v) is 22.9. The van der Waals surface area contributed by atoms with Crippen LogP contribution in [0.25, 0.3) is 0 Å². The number of hydrogen-bond acceptors (Lipinski definition) is 14. The molecular formula is C12H17Bi2O14-. The van der Waals surface area contributed by atoms with E-state index in [0.717, 1.165) is 0 Å². The fourth-order valence-corrected chi connectivity index (χ4v) is 29.5. The zero-order chi connectivity index (χ0) is 19.3. The van der Waals surface area contributed by atoms with Gasteiger partial charge in [-0.1, -0.05) is 0 Å². The first-order valence-electron chi connectivity index (χ1n) is 8.75. The van der Waals surface area contributed by atoms with Crippen LogP contribution < -0.4 is 5.11 Å². The first kappa shape index (κ1) is 18.7. The van der Waals surface area contributed by atoms with Gasteiger partial charge >= 0.3 is 165 Å². The summed E-state index contributed by atoms with van der Waals surface area (Å²) in [6.07, 6.45) is -8.83. The van der Waals surface area contributed by atoms with Gasteiger partial charge in [0.05, 0.1) is 0 Å². The Hall–Kier alpha value is 1.21. The minimum absolute atomic E-state index is 0.134. The van der Waals surface area contributed by atoms with Crippen LogP contribution >= 0.6 is 0 Å². The van der Waals surface area contributed by atoms with Crippen LogP contribution in [0.3, 0.4) is 0 Å². The van der Waals surface area contributed by atoms with E-state index in [1.165, 1.54) is 0 Å². The zero-order valence-corrected chi connectivity index (χ0v) is 21.0. The molecule has 0 saturated carbocycles. The van der Waals surface area contributed by atoms with E-state index in [2.05, 4.69) is 0 Å². The maximum absolute atomic E-state index is 12.8. The van der Waals surface area contributed by atoms with Gasteiger partial charge in [-0.15, -0.1) is 0 Å². The Balaban J connectivity index is 1.34. The zero-order valence-electron chi connectivity index (χ0n) is 14.0. The summed E-state index contributed by atoms with van der Waals surface area (Å²) in [5, 5.41) is 43.7. The van der Waals surface area contributed by atoms with E-state index >= 15 is 0 Å². The van der Waals surface area contributed by atoms with Crippen molar-refractivity contribution in [3.05, 3.63) is 0 Å². The minimum atomic E-state index is -5.86. The summed E-state index contributed by atoms with van der Waals surface area (Å²) in [5.41, 5.74) is -3.06. The third-order valence-corrected chi connectivity index (χ3v) is 28.8. The van der Waals surface area contributed by atoms with Crippen molar-refractivity contribution in [2.45, 2.75) is 74.6 Å². The van der Waals surface area contributed by atoms with Crippen molar-refractivity contribution in [1.82, 2.24) is 0 Å². The van der Waals surface area contributed by atoms with Gasteiger partial charge in [0.2, 0.25) is 0 Å². The van der Waals surface area contributed by atoms with Crippen molar-refractivity contribution >= 4 is 42.0 Å². The van der Waals surface area contributed by atoms with E-state index in [1.807, 2.05) is 0 Å². The van der Waals surface area contributed by atoms with E-state index in [9.17, 15) is 20.4 Å². The van der Waals surface area contributed by atoms with Gasteiger partial charge in [-0.2, -0.15) is 0 Å². The Labute approximate surface area is 164 Å². The van der Waals surface area contributed by atoms with Crippen LogP contribution in [0.5, 0.6) is 0 Å². The second kappa shape index (κ2) is 4.91. The molecule has 6 unspecified atom stereocenters. The van der Waals surface area contributed by atoms with E-state index in [0.29, 0.717) is 0 Å². The van der Waals surface area contributed by atoms with Gasteiger partial charge in [0, 0.05) is 0 Å². The van der Waals surface area contributed by atoms with Crippen molar-refractivity contribution in [1.29, 1.82) is 0 Å². The third kappa shape index (κ3) is 2.06. The molecule has 28 heavy (non-hydrogen) atoms. The summed E-state index contributed by atoms with van der Waals surface area (Å²) in [4.78, 5) is 0. The Morgan fingerprint density at radius 1 is 0.643 bits per heavy atom. The molecule has 6 atom stereocenters. The maximum atomic E-state index is 12.8. The molecule has 10 fully saturated rings. The van der Waals surface area contributed by atoms with Gasteiger partial charge in [0.15, 0.2) is 0 Å². The van der Waals surface area contributed by atoms with Gasteiger partial charge in [-0.25, -0.2) is 0 Å². The second-order valence-corrected chi connectivity index (χ2v) is 27.5. The Kier molecular flexibility index (Phi) is 3.29. The number of hydrogen-bond donors (Lipinski definition) is 3. The predicted molar refractivity (Wildman–Crippen MR) is 75.7 cm³/mol. The molecule has 10 aliphatic rings. The average Bonchev–Trinajstić information content (AvgIpc) is 2.79. The molecule has 3 N–H and O–H groups in total. The van der Waals surface area contributed by atoms with Gasteiger partial charge in [-0.05, 0) is 0 Å². The van der Waals surface area contributed by atoms with E-state index in [-0.39, 0.29) is 25.7 Å². The van der Waals surface area contributed by atoms with E-state index in [4.69, 9.17) is 28.1 Å². The quantitative estimate of drug-likeness (QED) is 0.205. The molecule has 0 aromatic carbocycles. The van der Waals surface area contributed by atoms with Crippen LogP contribution in [-0.4, -0.2) is 106 Å². The predicted octanol–water partition coefficient (Wildman–Crippen LogP) is -3.65. The number of aliphatic hydroxyl groups is 3. The molecular weight excluding hydrogens is 786 g/mol. The van der Waals surface area contributed by atoms with Crippen molar-refractivity contribution in [3.8, 4) is 0 Å². The van der Waals surface area contributed by atoms with Crippen LogP contribution in [0.4, 0.5) is 0 Å². The topological polar surface area (TPSA) is 176 Å². The fraction of sp³-hybridized carbons (Fsp3) is 1.00. The third-order valence-electron chi connectivity index (χ3n) is 5.89. The molecule has 6 bridgehead atoms. The molecule has 10 heterocycles. The first-order chi connectivity index (χ1) is 13.1. The molecule has 0 aliphatic carbocycles. The van der Waals surface area contributed by atoms with Crippen LogP contribution in [0.15, 0.2) is 0 Å². The van der Waals surface area contributed by atoms with Crippen molar-refractivity contribution in [2.24, 2.45) is 0 Å². The fourth-order valence-electron chi connectivity index (χ4n) is 4.88. The van der Waals surface area contributed by atoms with Gasteiger partial charge in [-0.3, -0.25) is 0 Å². The molecule has 10 saturated heterocycles. The van der Waals surface area contributed by atoms with Crippen LogP contribution in [0.2, 0.25) is 0 Å². The van der Waals surface area contributed by atoms with Gasteiger partial charge < -0.3 is 0 Å². The number of rotatable bonds is 0. The molecule has 160 valence electrons. The molecule has 14 nitrogen and oxygen atoms in total. The molecule has 0 amide bonds. The molecule has 0 aromatic rings. The summed E-state index contributed by atoms with van der Waals surface area (Å²) in [7, 11) is 0. The monoisotopic (exact) mass is 803 g/mol. The van der Waals surface area contributed by atoms with Crippen molar-refractivity contribution < 1.29 is 48.6 Å². The normalized spacial score (nSPS) is 63.6. The standard InChI is InChI=1S/C6H9O7.C6H8O7.2Bi/c2*7-3(8)1-6(13,5(11)12)2-4(9)10;;/h3-5,7,11H,1-2H2;3-5,7H,1-2H2;;/q-5;-6;2*+5. The molecule has 10 aliphatic heterocycles. The Bertz CT molecular complexity index is 720. The SMILES string of the molecule is [O-]C1[O][Bi]234[O]C(O)CC1(CC1[O][Bi]56([O]C(O)CC(CC([O]2)[O]3)([O]5)C(O)[O]6)[O]1)[O]4. The Morgan fingerprint density at radius 3 is 1.79 bits per heavy atom. The summed E-state index contributed by atoms with van der Waals surface area (Å²) in [6.45, 7) is 0. The Morgan fingerprint density at radius 2 is 1.14 bits per heavy atom. The van der Waals surface area contributed by atoms with E-state index < -0.39 is 90.9 Å². The molecule has 0 aromatic heterocycles. The van der Waals surface area contributed by atoms with Crippen LogP contribution in [0.1, 0.15) is 25.7 Å². The second-order valence-electron chi connectivity index (χ2n) is 7.92. The van der Waals surface area contributed by atoms with Crippen molar-refractivity contribution in [3.63, 3.8) is 0 Å². The van der Waals surface area contributed by atoms with Crippen molar-refractivity contribution in [2.75, 3.05) is 0 Å². The molecule has 10 rings (SSSR count). The van der Waals surface area contributed by atoms with Gasteiger partial charge in [0.25, 0.3) is 0 Å². The molecule has 2 spiro atoms. The average molecular weight is 803 g/mol. The van der Waals surface area contributed by atoms with Crippen LogP contribution in [0, 0.1) is 0 Å². The molecule has 16 heteroatoms. The summed E-state index contributed by atoms with van der Waals surface area (Å²) in [6, 6.07) is 0. The summed E-state index contributed by atoms with van der Waals surface area (Å²) >= 11 is -11.7. The van der Waals surface area contributed by atoms with Gasteiger partial charge in [0.1, 0.15) is 0 Å². The van der Waals surface area contributed by atoms with E-state index in [1.54, 1.807) is 0 Å². The molecule has 0 radical (unpaired) electrons. The number of aliphatic hydroxyl groups excluding tert-OH is 3. The van der Waals surface area contributed by atoms with Crippen LogP contribution in [-0.2, 0) is 28.1 Å². The summed E-state index contributed by atoms with van der Waals surface area (Å²) < 4.78 is 57.0. The summed E-state index contributed by atoms with van der Waals surface area (Å²) in [5.74, 6) is 0.